The van der Waals surface area contributed by atoms with Crippen LogP contribution in [0.25, 0.3) is 10.2 Å². The Kier molecular flexibility index (Phi) is 8.44. The van der Waals surface area contributed by atoms with E-state index in [1.807, 2.05) is 6.07 Å². The van der Waals surface area contributed by atoms with Gasteiger partial charge < -0.3 is 21.1 Å². The van der Waals surface area contributed by atoms with E-state index in [4.69, 9.17) is 27.2 Å². The number of nitrogens with one attached hydrogen (secondary N) is 1. The molecule has 0 saturated carbocycles. The fraction of sp³-hybridized carbons (Fsp3) is 0.250. The molecule has 5 rings (SSSR count). The number of para-hydroxylation sites is 1. The van der Waals surface area contributed by atoms with Crippen LogP contribution in [-0.4, -0.2) is 29.1 Å². The van der Waals surface area contributed by atoms with Gasteiger partial charge in [-0.25, -0.2) is 4.98 Å². The molecule has 0 bridgehead atoms. The zero-order valence-electron chi connectivity index (χ0n) is 18.2. The zero-order valence-corrected chi connectivity index (χ0v) is 22.1. The number of benzene rings is 1. The van der Waals surface area contributed by atoms with Gasteiger partial charge in [-0.15, -0.1) is 22.7 Å². The maximum Gasteiger partial charge on any atom is 0.290 e. The number of pyridine rings is 1. The van der Waals surface area contributed by atoms with E-state index in [0.717, 1.165) is 46.3 Å². The Hall–Kier alpha value is -2.17. The minimum absolute atomic E-state index is 0.0521. The SMILES string of the molecule is N[C@H]1CCCN(c2ccccc2)[C@@H]1c1sc2c(NCc3cccs3)cc(Cl)nc2c1Br.O=CO. The lowest BCUT2D eigenvalue weighted by Crippen LogP contribution is -2.45. The Morgan fingerprint density at radius 1 is 1.29 bits per heavy atom. The Bertz CT molecular complexity index is 1240. The molecular formula is C24H24BrClN4O2S2. The molecule has 0 amide bonds. The third-order valence-electron chi connectivity index (χ3n) is 5.65. The normalized spacial score (nSPS) is 17.8. The van der Waals surface area contributed by atoms with Gasteiger partial charge in [0, 0.05) is 40.6 Å². The molecule has 1 aliphatic heterocycles. The van der Waals surface area contributed by atoms with Crippen molar-refractivity contribution in [1.82, 2.24) is 4.98 Å². The number of halogens is 2. The molecule has 0 spiro atoms. The van der Waals surface area contributed by atoms with Gasteiger partial charge in [0.1, 0.15) is 5.15 Å². The largest absolute Gasteiger partial charge is 0.483 e. The maximum atomic E-state index is 8.36. The molecule has 1 saturated heterocycles. The number of piperidine rings is 1. The highest BCUT2D eigenvalue weighted by Crippen LogP contribution is 2.47. The highest BCUT2D eigenvalue weighted by molar-refractivity contribution is 9.10. The average molecular weight is 580 g/mol. The van der Waals surface area contributed by atoms with Crippen molar-refractivity contribution in [3.8, 4) is 0 Å². The summed E-state index contributed by atoms with van der Waals surface area (Å²) in [5, 5.41) is 13.0. The summed E-state index contributed by atoms with van der Waals surface area (Å²) in [6.45, 7) is 1.50. The number of anilines is 2. The fourth-order valence-electron chi connectivity index (χ4n) is 4.21. The van der Waals surface area contributed by atoms with Crippen LogP contribution in [0.3, 0.4) is 0 Å². The summed E-state index contributed by atoms with van der Waals surface area (Å²) < 4.78 is 2.10. The molecule has 1 aliphatic rings. The van der Waals surface area contributed by atoms with E-state index in [1.165, 1.54) is 15.4 Å². The van der Waals surface area contributed by atoms with Crippen LogP contribution >= 0.6 is 50.2 Å². The molecule has 1 aromatic carbocycles. The summed E-state index contributed by atoms with van der Waals surface area (Å²) in [6, 6.07) is 16.8. The Morgan fingerprint density at radius 2 is 2.06 bits per heavy atom. The van der Waals surface area contributed by atoms with E-state index in [1.54, 1.807) is 22.7 Å². The molecule has 0 radical (unpaired) electrons. The maximum absolute atomic E-state index is 8.36. The van der Waals surface area contributed by atoms with E-state index in [2.05, 4.69) is 79.0 Å². The van der Waals surface area contributed by atoms with E-state index in [-0.39, 0.29) is 18.6 Å². The molecule has 34 heavy (non-hydrogen) atoms. The molecule has 4 N–H and O–H groups in total. The van der Waals surface area contributed by atoms with Crippen molar-refractivity contribution in [3.63, 3.8) is 0 Å². The first-order valence-corrected chi connectivity index (χ1v) is 13.6. The lowest BCUT2D eigenvalue weighted by Gasteiger charge is -2.41. The minimum atomic E-state index is -0.250. The Balaban J connectivity index is 0.000000868. The first-order chi connectivity index (χ1) is 16.5. The molecule has 4 aromatic rings. The fourth-order valence-corrected chi connectivity index (χ4v) is 7.26. The van der Waals surface area contributed by atoms with Crippen LogP contribution < -0.4 is 16.0 Å². The third-order valence-corrected chi connectivity index (χ3v) is 9.06. The molecule has 4 heterocycles. The number of nitrogens with zero attached hydrogens (tertiary/aromatic N) is 2. The monoisotopic (exact) mass is 578 g/mol. The predicted molar refractivity (Wildman–Crippen MR) is 146 cm³/mol. The van der Waals surface area contributed by atoms with Gasteiger partial charge in [0.05, 0.1) is 26.4 Å². The standard InChI is InChI=1S/C23H22BrClN4S2.CH2O2/c24-19-20-22(17(12-18(25)28-20)27-13-15-8-5-11-30-15)31-23(19)21-16(26)9-4-10-29(21)14-6-2-1-3-7-14;2-1-3/h1-3,5-8,11-12,16,21H,4,9-10,13,26H2,(H,27,28);1H,(H,2,3)/t16-,21-;/m0./s1. The van der Waals surface area contributed by atoms with Gasteiger partial charge in [0.25, 0.3) is 6.47 Å². The molecule has 178 valence electrons. The molecule has 3 aromatic heterocycles. The highest BCUT2D eigenvalue weighted by Gasteiger charge is 2.34. The van der Waals surface area contributed by atoms with E-state index in [0.29, 0.717) is 5.15 Å². The Labute approximate surface area is 219 Å². The highest BCUT2D eigenvalue weighted by atomic mass is 79.9. The summed E-state index contributed by atoms with van der Waals surface area (Å²) in [4.78, 5) is 17.9. The number of carbonyl (C=O) groups is 1. The van der Waals surface area contributed by atoms with Crippen molar-refractivity contribution < 1.29 is 9.90 Å². The summed E-state index contributed by atoms with van der Waals surface area (Å²) in [5.41, 5.74) is 9.81. The van der Waals surface area contributed by atoms with Gasteiger partial charge in [-0.05, 0) is 52.4 Å². The quantitative estimate of drug-likeness (QED) is 0.179. The van der Waals surface area contributed by atoms with E-state index in [9.17, 15) is 0 Å². The Morgan fingerprint density at radius 3 is 2.76 bits per heavy atom. The van der Waals surface area contributed by atoms with Crippen LogP contribution in [0.2, 0.25) is 5.15 Å². The van der Waals surface area contributed by atoms with Crippen LogP contribution in [0, 0.1) is 0 Å². The van der Waals surface area contributed by atoms with Gasteiger partial charge >= 0.3 is 0 Å². The van der Waals surface area contributed by atoms with Crippen LogP contribution in [-0.2, 0) is 11.3 Å². The second-order valence-electron chi connectivity index (χ2n) is 7.77. The lowest BCUT2D eigenvalue weighted by molar-refractivity contribution is -0.122. The molecule has 0 unspecified atom stereocenters. The topological polar surface area (TPSA) is 91.5 Å². The van der Waals surface area contributed by atoms with Crippen molar-refractivity contribution >= 4 is 78.3 Å². The third kappa shape index (κ3) is 5.39. The van der Waals surface area contributed by atoms with Crippen LogP contribution in [0.4, 0.5) is 11.4 Å². The summed E-state index contributed by atoms with van der Waals surface area (Å²) in [6.07, 6.45) is 2.10. The van der Waals surface area contributed by atoms with Gasteiger partial charge in [0.2, 0.25) is 0 Å². The number of hydrogen-bond acceptors (Lipinski definition) is 7. The summed E-state index contributed by atoms with van der Waals surface area (Å²) >= 11 is 13.8. The summed E-state index contributed by atoms with van der Waals surface area (Å²) in [5.74, 6) is 0. The second-order valence-corrected chi connectivity index (χ2v) is 11.0. The molecule has 6 nitrogen and oxygen atoms in total. The second kappa shape index (κ2) is 11.5. The van der Waals surface area contributed by atoms with Gasteiger partial charge in [-0.3, -0.25) is 4.79 Å². The number of aromatic nitrogens is 1. The van der Waals surface area contributed by atoms with Crippen molar-refractivity contribution in [2.24, 2.45) is 5.73 Å². The number of fused-ring (bicyclic) bond motifs is 1. The molecular weight excluding hydrogens is 556 g/mol. The molecule has 1 fully saturated rings. The van der Waals surface area contributed by atoms with Gasteiger partial charge in [-0.1, -0.05) is 35.9 Å². The van der Waals surface area contributed by atoms with Crippen molar-refractivity contribution in [1.29, 1.82) is 0 Å². The predicted octanol–water partition coefficient (Wildman–Crippen LogP) is 6.76. The van der Waals surface area contributed by atoms with E-state index < -0.39 is 0 Å². The lowest BCUT2D eigenvalue weighted by atomic mass is 9.95. The van der Waals surface area contributed by atoms with E-state index >= 15 is 0 Å². The number of nitrogens with two attached hydrogens (primary N) is 1. The first-order valence-electron chi connectivity index (χ1n) is 10.7. The van der Waals surface area contributed by atoms with Gasteiger partial charge in [0.15, 0.2) is 0 Å². The molecule has 10 heteroatoms. The molecule has 2 atom stereocenters. The van der Waals surface area contributed by atoms with Crippen LogP contribution in [0.15, 0.2) is 58.4 Å². The number of rotatable bonds is 5. The van der Waals surface area contributed by atoms with Crippen LogP contribution in [0.5, 0.6) is 0 Å². The molecule has 0 aliphatic carbocycles. The number of hydrogen-bond donors (Lipinski definition) is 3. The number of carboxylic acid groups (broad SMARTS) is 1. The van der Waals surface area contributed by atoms with Crippen molar-refractivity contribution in [2.45, 2.75) is 31.5 Å². The first kappa shape index (κ1) is 24.9. The van der Waals surface area contributed by atoms with Crippen LogP contribution in [0.1, 0.15) is 28.6 Å². The average Bonchev–Trinajstić information content (AvgIpc) is 3.47. The van der Waals surface area contributed by atoms with Gasteiger partial charge in [-0.2, -0.15) is 0 Å². The zero-order chi connectivity index (χ0) is 24.1. The minimum Gasteiger partial charge on any atom is -0.483 e. The number of thiophene rings is 2. The smallest absolute Gasteiger partial charge is 0.290 e. The summed E-state index contributed by atoms with van der Waals surface area (Å²) in [7, 11) is 0. The van der Waals surface area contributed by atoms with Crippen molar-refractivity contribution in [2.75, 3.05) is 16.8 Å². The van der Waals surface area contributed by atoms with Crippen molar-refractivity contribution in [3.05, 3.63) is 73.3 Å².